The normalized spacial score (nSPS) is 18.9. The zero-order valence-electron chi connectivity index (χ0n) is 14.1. The summed E-state index contributed by atoms with van der Waals surface area (Å²) in [5.74, 6) is 1.60. The molecule has 1 aromatic rings. The van der Waals surface area contributed by atoms with Crippen LogP contribution in [-0.4, -0.2) is 48.6 Å². The van der Waals surface area contributed by atoms with Gasteiger partial charge in [0.1, 0.15) is 6.61 Å². The third kappa shape index (κ3) is 4.88. The van der Waals surface area contributed by atoms with Crippen LogP contribution in [0.25, 0.3) is 0 Å². The fraction of sp³-hybridized carbons (Fsp3) is 0.647. The maximum atomic E-state index is 5.81. The van der Waals surface area contributed by atoms with E-state index in [1.165, 1.54) is 25.7 Å². The maximum absolute atomic E-state index is 5.81. The van der Waals surface area contributed by atoms with Crippen LogP contribution in [0.5, 0.6) is 5.88 Å². The molecule has 0 atom stereocenters. The Morgan fingerprint density at radius 3 is 2.83 bits per heavy atom. The lowest BCUT2D eigenvalue weighted by molar-refractivity contribution is 0.151. The van der Waals surface area contributed by atoms with E-state index in [2.05, 4.69) is 22.1 Å². The molecule has 2 heterocycles. The minimum Gasteiger partial charge on any atom is -0.476 e. The molecule has 7 heteroatoms. The summed E-state index contributed by atoms with van der Waals surface area (Å²) in [7, 11) is 0. The van der Waals surface area contributed by atoms with E-state index >= 15 is 0 Å². The van der Waals surface area contributed by atoms with Crippen molar-refractivity contribution < 1.29 is 4.74 Å². The van der Waals surface area contributed by atoms with E-state index < -0.39 is 0 Å². The lowest BCUT2D eigenvalue weighted by Crippen LogP contribution is -2.42. The predicted octanol–water partition coefficient (Wildman–Crippen LogP) is 3.57. The molecule has 1 aliphatic carbocycles. The SMILES string of the molecule is CCNC(=NCCOc1ccc(Cl)cn1)N1CCC2(CCC2)C1.I. The molecular formula is C17H26ClIN4O. The Labute approximate surface area is 166 Å². The number of aromatic nitrogens is 1. The molecule has 0 aromatic carbocycles. The Bertz CT molecular complexity index is 548. The summed E-state index contributed by atoms with van der Waals surface area (Å²) in [6.45, 7) is 6.41. The first-order chi connectivity index (χ1) is 11.2. The summed E-state index contributed by atoms with van der Waals surface area (Å²) in [4.78, 5) is 11.2. The van der Waals surface area contributed by atoms with Gasteiger partial charge >= 0.3 is 0 Å². The number of hydrogen-bond donors (Lipinski definition) is 1. The van der Waals surface area contributed by atoms with E-state index in [9.17, 15) is 0 Å². The highest BCUT2D eigenvalue weighted by atomic mass is 127. The Morgan fingerprint density at radius 1 is 1.42 bits per heavy atom. The fourth-order valence-electron chi connectivity index (χ4n) is 3.38. The summed E-state index contributed by atoms with van der Waals surface area (Å²) in [6.07, 6.45) is 7.06. The molecule has 1 aliphatic heterocycles. The first-order valence-electron chi connectivity index (χ1n) is 8.48. The van der Waals surface area contributed by atoms with E-state index in [4.69, 9.17) is 21.3 Å². The minimum atomic E-state index is 0. The molecule has 1 aromatic heterocycles. The van der Waals surface area contributed by atoms with Gasteiger partial charge in [-0.2, -0.15) is 0 Å². The quantitative estimate of drug-likeness (QED) is 0.313. The fourth-order valence-corrected chi connectivity index (χ4v) is 3.49. The van der Waals surface area contributed by atoms with Gasteiger partial charge in [0.05, 0.1) is 11.6 Å². The monoisotopic (exact) mass is 464 g/mol. The van der Waals surface area contributed by atoms with Gasteiger partial charge in [0.25, 0.3) is 0 Å². The zero-order chi connectivity index (χ0) is 16.1. The van der Waals surface area contributed by atoms with Crippen LogP contribution in [-0.2, 0) is 0 Å². The topological polar surface area (TPSA) is 49.8 Å². The van der Waals surface area contributed by atoms with Gasteiger partial charge in [0, 0.05) is 31.9 Å². The predicted molar refractivity (Wildman–Crippen MR) is 109 cm³/mol. The van der Waals surface area contributed by atoms with Gasteiger partial charge < -0.3 is 15.0 Å². The number of nitrogens with zero attached hydrogens (tertiary/aromatic N) is 3. The molecule has 24 heavy (non-hydrogen) atoms. The van der Waals surface area contributed by atoms with Crippen LogP contribution in [0.1, 0.15) is 32.6 Å². The Balaban J connectivity index is 0.00000208. The highest BCUT2D eigenvalue weighted by Gasteiger charge is 2.43. The van der Waals surface area contributed by atoms with Gasteiger partial charge in [0.2, 0.25) is 5.88 Å². The molecule has 1 saturated carbocycles. The van der Waals surface area contributed by atoms with Crippen molar-refractivity contribution in [1.29, 1.82) is 0 Å². The van der Waals surface area contributed by atoms with E-state index in [-0.39, 0.29) is 24.0 Å². The second kappa shape index (κ2) is 9.08. The first-order valence-corrected chi connectivity index (χ1v) is 8.86. The highest BCUT2D eigenvalue weighted by Crippen LogP contribution is 2.47. The zero-order valence-corrected chi connectivity index (χ0v) is 17.2. The van der Waals surface area contributed by atoms with Crippen molar-refractivity contribution >= 4 is 41.5 Å². The van der Waals surface area contributed by atoms with Crippen molar-refractivity contribution in [1.82, 2.24) is 15.2 Å². The minimum absolute atomic E-state index is 0. The van der Waals surface area contributed by atoms with Crippen LogP contribution in [0.4, 0.5) is 0 Å². The number of hydrogen-bond acceptors (Lipinski definition) is 3. The van der Waals surface area contributed by atoms with Crippen LogP contribution in [0, 0.1) is 5.41 Å². The number of halogens is 2. The second-order valence-electron chi connectivity index (χ2n) is 6.42. The van der Waals surface area contributed by atoms with Gasteiger partial charge in [-0.15, -0.1) is 24.0 Å². The number of pyridine rings is 1. The van der Waals surface area contributed by atoms with E-state index in [1.807, 2.05) is 0 Å². The van der Waals surface area contributed by atoms with Crippen LogP contribution in [0.15, 0.2) is 23.3 Å². The van der Waals surface area contributed by atoms with Crippen molar-refractivity contribution in [2.24, 2.45) is 10.4 Å². The maximum Gasteiger partial charge on any atom is 0.213 e. The number of guanidine groups is 1. The second-order valence-corrected chi connectivity index (χ2v) is 6.86. The Morgan fingerprint density at radius 2 is 2.25 bits per heavy atom. The van der Waals surface area contributed by atoms with Crippen molar-refractivity contribution in [3.63, 3.8) is 0 Å². The number of rotatable bonds is 5. The summed E-state index contributed by atoms with van der Waals surface area (Å²) in [5, 5.41) is 4.02. The molecule has 0 amide bonds. The molecule has 2 fully saturated rings. The van der Waals surface area contributed by atoms with Gasteiger partial charge in [-0.05, 0) is 37.7 Å². The summed E-state index contributed by atoms with van der Waals surface area (Å²) in [6, 6.07) is 3.55. The van der Waals surface area contributed by atoms with E-state index in [1.54, 1.807) is 18.3 Å². The number of likely N-dealkylation sites (tertiary alicyclic amines) is 1. The van der Waals surface area contributed by atoms with Crippen molar-refractivity contribution in [3.8, 4) is 5.88 Å². The highest BCUT2D eigenvalue weighted by molar-refractivity contribution is 14.0. The molecule has 0 unspecified atom stereocenters. The molecule has 1 N–H and O–H groups in total. The molecule has 134 valence electrons. The molecule has 5 nitrogen and oxygen atoms in total. The van der Waals surface area contributed by atoms with Crippen LogP contribution in [0.3, 0.4) is 0 Å². The Kier molecular flexibility index (Phi) is 7.40. The van der Waals surface area contributed by atoms with Gasteiger partial charge in [0.15, 0.2) is 5.96 Å². The van der Waals surface area contributed by atoms with Gasteiger partial charge in [-0.3, -0.25) is 0 Å². The largest absolute Gasteiger partial charge is 0.476 e. The van der Waals surface area contributed by atoms with Crippen LogP contribution >= 0.6 is 35.6 Å². The lowest BCUT2D eigenvalue weighted by atomic mass is 9.68. The molecular weight excluding hydrogens is 439 g/mol. The van der Waals surface area contributed by atoms with Crippen molar-refractivity contribution in [2.45, 2.75) is 32.6 Å². The number of nitrogens with one attached hydrogen (secondary N) is 1. The molecule has 2 aliphatic rings. The number of aliphatic imine (C=N–C) groups is 1. The Hall–Kier alpha value is -0.760. The van der Waals surface area contributed by atoms with Crippen LogP contribution in [0.2, 0.25) is 5.02 Å². The molecule has 1 saturated heterocycles. The first kappa shape index (κ1) is 19.6. The van der Waals surface area contributed by atoms with Crippen molar-refractivity contribution in [2.75, 3.05) is 32.8 Å². The third-order valence-corrected chi connectivity index (χ3v) is 5.01. The average molecular weight is 465 g/mol. The van der Waals surface area contributed by atoms with Crippen LogP contribution < -0.4 is 10.1 Å². The van der Waals surface area contributed by atoms with E-state index in [0.717, 1.165) is 25.6 Å². The lowest BCUT2D eigenvalue weighted by Gasteiger charge is -2.38. The average Bonchev–Trinajstić information content (AvgIpc) is 2.98. The third-order valence-electron chi connectivity index (χ3n) is 4.79. The summed E-state index contributed by atoms with van der Waals surface area (Å²) < 4.78 is 5.60. The standard InChI is InChI=1S/C17H25ClN4O.HI/c1-2-19-16(22-10-8-17(13-22)6-3-7-17)20-9-11-23-15-5-4-14(18)12-21-15;/h4-5,12H,2-3,6-11,13H2,1H3,(H,19,20);1H. The number of ether oxygens (including phenoxy) is 1. The van der Waals surface area contributed by atoms with E-state index in [0.29, 0.717) is 29.5 Å². The molecule has 0 radical (unpaired) electrons. The van der Waals surface area contributed by atoms with Crippen molar-refractivity contribution in [3.05, 3.63) is 23.4 Å². The molecule has 0 bridgehead atoms. The molecule has 3 rings (SSSR count). The molecule has 1 spiro atoms. The van der Waals surface area contributed by atoms with Gasteiger partial charge in [-0.1, -0.05) is 18.0 Å². The summed E-state index contributed by atoms with van der Waals surface area (Å²) in [5.41, 5.74) is 0.583. The summed E-state index contributed by atoms with van der Waals surface area (Å²) >= 11 is 5.81. The van der Waals surface area contributed by atoms with Gasteiger partial charge in [-0.25, -0.2) is 9.98 Å². The smallest absolute Gasteiger partial charge is 0.213 e.